The van der Waals surface area contributed by atoms with E-state index in [0.717, 1.165) is 16.7 Å². The standard InChI is InChI=1S/C13H15BrFN3/c1-3-18-13(10(14)8-17-18)12(16-2)9-6-4-5-7-11(9)15/h4-8,12,16H,3H2,1-2H3. The zero-order chi connectivity index (χ0) is 13.1. The van der Waals surface area contributed by atoms with Crippen molar-refractivity contribution < 1.29 is 4.39 Å². The third-order valence-electron chi connectivity index (χ3n) is 2.91. The minimum Gasteiger partial charge on any atom is -0.308 e. The number of benzene rings is 1. The molecule has 2 rings (SSSR count). The minimum absolute atomic E-state index is 0.215. The van der Waals surface area contributed by atoms with Crippen LogP contribution in [-0.4, -0.2) is 16.8 Å². The Hall–Kier alpha value is -1.20. The van der Waals surface area contributed by atoms with Gasteiger partial charge in [0.05, 0.1) is 22.4 Å². The van der Waals surface area contributed by atoms with E-state index in [1.165, 1.54) is 6.07 Å². The molecule has 5 heteroatoms. The molecule has 1 N–H and O–H groups in total. The summed E-state index contributed by atoms with van der Waals surface area (Å²) in [6.45, 7) is 2.75. The predicted molar refractivity (Wildman–Crippen MR) is 72.9 cm³/mol. The zero-order valence-corrected chi connectivity index (χ0v) is 11.9. The third-order valence-corrected chi connectivity index (χ3v) is 3.52. The van der Waals surface area contributed by atoms with Crippen LogP contribution in [0.2, 0.25) is 0 Å². The summed E-state index contributed by atoms with van der Waals surface area (Å²) in [7, 11) is 1.82. The molecule has 0 radical (unpaired) electrons. The lowest BCUT2D eigenvalue weighted by Crippen LogP contribution is -2.22. The van der Waals surface area contributed by atoms with E-state index in [4.69, 9.17) is 0 Å². The number of hydrogen-bond donors (Lipinski definition) is 1. The van der Waals surface area contributed by atoms with Gasteiger partial charge in [-0.25, -0.2) is 4.39 Å². The van der Waals surface area contributed by atoms with Gasteiger partial charge in [0, 0.05) is 12.1 Å². The molecule has 0 fully saturated rings. The van der Waals surface area contributed by atoms with E-state index < -0.39 is 0 Å². The molecular weight excluding hydrogens is 297 g/mol. The normalized spacial score (nSPS) is 12.7. The van der Waals surface area contributed by atoms with E-state index in [1.807, 2.05) is 24.7 Å². The van der Waals surface area contributed by atoms with E-state index in [2.05, 4.69) is 26.3 Å². The molecule has 1 aromatic heterocycles. The molecule has 0 saturated carbocycles. The first-order valence-electron chi connectivity index (χ1n) is 5.82. The second kappa shape index (κ2) is 5.63. The van der Waals surface area contributed by atoms with Crippen LogP contribution in [0.5, 0.6) is 0 Å². The van der Waals surface area contributed by atoms with Crippen molar-refractivity contribution in [2.24, 2.45) is 0 Å². The van der Waals surface area contributed by atoms with Gasteiger partial charge in [-0.2, -0.15) is 5.10 Å². The van der Waals surface area contributed by atoms with Crippen LogP contribution < -0.4 is 5.32 Å². The average molecular weight is 312 g/mol. The Bertz CT molecular complexity index is 539. The Labute approximate surface area is 114 Å². The smallest absolute Gasteiger partial charge is 0.128 e. The van der Waals surface area contributed by atoms with Gasteiger partial charge in [0.25, 0.3) is 0 Å². The Morgan fingerprint density at radius 3 is 2.78 bits per heavy atom. The quantitative estimate of drug-likeness (QED) is 0.940. The lowest BCUT2D eigenvalue weighted by Gasteiger charge is -2.19. The van der Waals surface area contributed by atoms with Crippen molar-refractivity contribution in [2.75, 3.05) is 7.05 Å². The summed E-state index contributed by atoms with van der Waals surface area (Å²) in [6, 6.07) is 6.57. The summed E-state index contributed by atoms with van der Waals surface area (Å²) < 4.78 is 16.6. The molecule has 96 valence electrons. The predicted octanol–water partition coefficient (Wildman–Crippen LogP) is 3.11. The molecule has 0 aliphatic carbocycles. The number of aryl methyl sites for hydroxylation is 1. The summed E-state index contributed by atoms with van der Waals surface area (Å²) in [5.74, 6) is -0.215. The highest BCUT2D eigenvalue weighted by atomic mass is 79.9. The SMILES string of the molecule is CCn1ncc(Br)c1C(NC)c1ccccc1F. The molecule has 1 unspecified atom stereocenters. The highest BCUT2D eigenvalue weighted by Crippen LogP contribution is 2.29. The minimum atomic E-state index is -0.219. The van der Waals surface area contributed by atoms with Crippen LogP contribution in [0.25, 0.3) is 0 Å². The number of halogens is 2. The van der Waals surface area contributed by atoms with Crippen LogP contribution >= 0.6 is 15.9 Å². The average Bonchev–Trinajstić information content (AvgIpc) is 2.74. The van der Waals surface area contributed by atoms with Gasteiger partial charge in [0.2, 0.25) is 0 Å². The molecule has 18 heavy (non-hydrogen) atoms. The molecule has 0 aliphatic rings. The summed E-state index contributed by atoms with van der Waals surface area (Å²) in [4.78, 5) is 0. The van der Waals surface area contributed by atoms with Crippen molar-refractivity contribution in [3.05, 3.63) is 52.0 Å². The Balaban J connectivity index is 2.52. The Morgan fingerprint density at radius 1 is 1.44 bits per heavy atom. The number of nitrogens with zero attached hydrogens (tertiary/aromatic N) is 2. The van der Waals surface area contributed by atoms with Crippen LogP contribution in [0.1, 0.15) is 24.2 Å². The number of hydrogen-bond acceptors (Lipinski definition) is 2. The summed E-state index contributed by atoms with van der Waals surface area (Å²) in [6.07, 6.45) is 1.74. The van der Waals surface area contributed by atoms with Gasteiger partial charge in [0.15, 0.2) is 0 Å². The fraction of sp³-hybridized carbons (Fsp3) is 0.308. The van der Waals surface area contributed by atoms with E-state index in [-0.39, 0.29) is 11.9 Å². The van der Waals surface area contributed by atoms with E-state index in [9.17, 15) is 4.39 Å². The van der Waals surface area contributed by atoms with Gasteiger partial charge in [-0.3, -0.25) is 4.68 Å². The van der Waals surface area contributed by atoms with Crippen molar-refractivity contribution in [3.8, 4) is 0 Å². The largest absolute Gasteiger partial charge is 0.308 e. The molecule has 1 atom stereocenters. The zero-order valence-electron chi connectivity index (χ0n) is 10.3. The number of rotatable bonds is 4. The maximum Gasteiger partial charge on any atom is 0.128 e. The van der Waals surface area contributed by atoms with Crippen molar-refractivity contribution in [2.45, 2.75) is 19.5 Å². The van der Waals surface area contributed by atoms with Crippen LogP contribution in [0.4, 0.5) is 4.39 Å². The summed E-state index contributed by atoms with van der Waals surface area (Å²) >= 11 is 3.48. The lowest BCUT2D eigenvalue weighted by atomic mass is 10.0. The van der Waals surface area contributed by atoms with Crippen LogP contribution in [0.15, 0.2) is 34.9 Å². The molecule has 2 aromatic rings. The van der Waals surface area contributed by atoms with Crippen LogP contribution in [0.3, 0.4) is 0 Å². The van der Waals surface area contributed by atoms with Gasteiger partial charge in [-0.15, -0.1) is 0 Å². The van der Waals surface area contributed by atoms with Gasteiger partial charge in [0.1, 0.15) is 5.82 Å². The summed E-state index contributed by atoms with van der Waals surface area (Å²) in [5.41, 5.74) is 1.56. The van der Waals surface area contributed by atoms with Crippen LogP contribution in [0, 0.1) is 5.82 Å². The Kier molecular flexibility index (Phi) is 4.14. The highest BCUT2D eigenvalue weighted by molar-refractivity contribution is 9.10. The maximum absolute atomic E-state index is 13.9. The van der Waals surface area contributed by atoms with E-state index in [1.54, 1.807) is 18.3 Å². The first kappa shape index (κ1) is 13.2. The first-order chi connectivity index (χ1) is 8.69. The van der Waals surface area contributed by atoms with Crippen molar-refractivity contribution in [3.63, 3.8) is 0 Å². The van der Waals surface area contributed by atoms with Crippen molar-refractivity contribution in [1.29, 1.82) is 0 Å². The van der Waals surface area contributed by atoms with Gasteiger partial charge >= 0.3 is 0 Å². The molecule has 1 heterocycles. The molecule has 0 aliphatic heterocycles. The molecule has 0 spiro atoms. The second-order valence-corrected chi connectivity index (χ2v) is 4.79. The molecule has 0 amide bonds. The number of aromatic nitrogens is 2. The summed E-state index contributed by atoms with van der Waals surface area (Å²) in [5, 5.41) is 7.41. The molecule has 3 nitrogen and oxygen atoms in total. The van der Waals surface area contributed by atoms with Gasteiger partial charge in [-0.05, 0) is 36.0 Å². The number of nitrogens with one attached hydrogen (secondary N) is 1. The van der Waals surface area contributed by atoms with E-state index in [0.29, 0.717) is 5.56 Å². The fourth-order valence-electron chi connectivity index (χ4n) is 2.06. The first-order valence-corrected chi connectivity index (χ1v) is 6.61. The Morgan fingerprint density at radius 2 is 2.17 bits per heavy atom. The molecule has 1 aromatic carbocycles. The molecular formula is C13H15BrFN3. The molecule has 0 saturated heterocycles. The van der Waals surface area contributed by atoms with Gasteiger partial charge < -0.3 is 5.32 Å². The third kappa shape index (κ3) is 2.33. The highest BCUT2D eigenvalue weighted by Gasteiger charge is 2.22. The monoisotopic (exact) mass is 311 g/mol. The maximum atomic E-state index is 13.9. The topological polar surface area (TPSA) is 29.9 Å². The second-order valence-electron chi connectivity index (χ2n) is 3.94. The van der Waals surface area contributed by atoms with Crippen LogP contribution in [-0.2, 0) is 6.54 Å². The fourth-order valence-corrected chi connectivity index (χ4v) is 2.58. The molecule has 0 bridgehead atoms. The lowest BCUT2D eigenvalue weighted by molar-refractivity contribution is 0.532. The van der Waals surface area contributed by atoms with Crippen molar-refractivity contribution >= 4 is 15.9 Å². The van der Waals surface area contributed by atoms with Crippen molar-refractivity contribution in [1.82, 2.24) is 15.1 Å². The van der Waals surface area contributed by atoms with Gasteiger partial charge in [-0.1, -0.05) is 18.2 Å². The van der Waals surface area contributed by atoms with E-state index >= 15 is 0 Å².